The molecule has 1 heterocycles. The average molecular weight is 425 g/mol. The van der Waals surface area contributed by atoms with Crippen LogP contribution in [0, 0.1) is 17.0 Å². The van der Waals surface area contributed by atoms with Crippen LogP contribution in [0.5, 0.6) is 5.75 Å². The van der Waals surface area contributed by atoms with Crippen molar-refractivity contribution < 1.29 is 23.8 Å². The first-order chi connectivity index (χ1) is 14.9. The highest BCUT2D eigenvalue weighted by molar-refractivity contribution is 5.94. The molecule has 0 aliphatic rings. The molecule has 2 amide bonds. The van der Waals surface area contributed by atoms with Gasteiger partial charge in [0.15, 0.2) is 0 Å². The number of rotatable bonds is 8. The number of nitro benzene ring substituents is 1. The molecule has 0 radical (unpaired) electrons. The number of hydrogen-bond acceptors (Lipinski definition) is 8. The number of nitro groups is 1. The van der Waals surface area contributed by atoms with E-state index in [0.717, 1.165) is 0 Å². The number of benzene rings is 2. The zero-order valence-electron chi connectivity index (χ0n) is 16.7. The van der Waals surface area contributed by atoms with E-state index >= 15 is 0 Å². The monoisotopic (exact) mass is 425 g/mol. The number of ether oxygens (including phenoxy) is 1. The summed E-state index contributed by atoms with van der Waals surface area (Å²) in [6.45, 7) is 1.86. The van der Waals surface area contributed by atoms with Crippen LogP contribution in [0.2, 0.25) is 0 Å². The van der Waals surface area contributed by atoms with Crippen LogP contribution in [-0.4, -0.2) is 47.1 Å². The summed E-state index contributed by atoms with van der Waals surface area (Å²) in [7, 11) is 1.51. The molecule has 0 aliphatic heterocycles. The second-order valence-electron chi connectivity index (χ2n) is 6.37. The number of aromatic nitrogens is 2. The molecule has 1 aromatic heterocycles. The predicted octanol–water partition coefficient (Wildman–Crippen LogP) is 2.12. The SMILES string of the molecule is COc1cccc(C(=O)NCCNC(=O)c2nc(-c3cccc([N+](=O)[O-])c3C)no2)c1. The minimum absolute atomic E-state index is 0.0673. The Hall–Kier alpha value is -4.28. The normalized spacial score (nSPS) is 10.4. The third-order valence-electron chi connectivity index (χ3n) is 4.39. The molecule has 0 atom stereocenters. The molecular weight excluding hydrogens is 406 g/mol. The van der Waals surface area contributed by atoms with Crippen LogP contribution in [-0.2, 0) is 0 Å². The molecule has 0 unspecified atom stereocenters. The van der Waals surface area contributed by atoms with Gasteiger partial charge in [-0.25, -0.2) is 0 Å². The maximum atomic E-state index is 12.2. The Kier molecular flexibility index (Phi) is 6.55. The minimum Gasteiger partial charge on any atom is -0.497 e. The van der Waals surface area contributed by atoms with Crippen molar-refractivity contribution >= 4 is 17.5 Å². The van der Waals surface area contributed by atoms with Gasteiger partial charge in [0.25, 0.3) is 11.6 Å². The van der Waals surface area contributed by atoms with Crippen LogP contribution in [0.15, 0.2) is 47.0 Å². The zero-order valence-corrected chi connectivity index (χ0v) is 16.7. The lowest BCUT2D eigenvalue weighted by Crippen LogP contribution is -2.34. The molecule has 0 bridgehead atoms. The van der Waals surface area contributed by atoms with Crippen molar-refractivity contribution in [1.29, 1.82) is 0 Å². The summed E-state index contributed by atoms with van der Waals surface area (Å²) >= 11 is 0. The largest absolute Gasteiger partial charge is 0.497 e. The average Bonchev–Trinajstić information content (AvgIpc) is 3.26. The quantitative estimate of drug-likeness (QED) is 0.317. The zero-order chi connectivity index (χ0) is 22.4. The number of carbonyl (C=O) groups is 2. The van der Waals surface area contributed by atoms with Gasteiger partial charge in [-0.2, -0.15) is 4.98 Å². The topological polar surface area (TPSA) is 149 Å². The molecule has 0 fully saturated rings. The summed E-state index contributed by atoms with van der Waals surface area (Å²) < 4.78 is 10.0. The van der Waals surface area contributed by atoms with Gasteiger partial charge in [-0.1, -0.05) is 23.4 Å². The number of nitrogens with zero attached hydrogens (tertiary/aromatic N) is 3. The van der Waals surface area contributed by atoms with Crippen molar-refractivity contribution in [3.8, 4) is 17.1 Å². The lowest BCUT2D eigenvalue weighted by Gasteiger charge is -2.07. The van der Waals surface area contributed by atoms with E-state index in [0.29, 0.717) is 22.4 Å². The molecule has 0 spiro atoms. The molecule has 11 nitrogen and oxygen atoms in total. The highest BCUT2D eigenvalue weighted by Gasteiger charge is 2.20. The second-order valence-corrected chi connectivity index (χ2v) is 6.37. The van der Waals surface area contributed by atoms with Crippen molar-refractivity contribution in [2.24, 2.45) is 0 Å². The van der Waals surface area contributed by atoms with Gasteiger partial charge >= 0.3 is 11.8 Å². The van der Waals surface area contributed by atoms with Crippen molar-refractivity contribution in [2.45, 2.75) is 6.92 Å². The molecule has 2 aromatic carbocycles. The van der Waals surface area contributed by atoms with E-state index < -0.39 is 10.8 Å². The summed E-state index contributed by atoms with van der Waals surface area (Å²) in [4.78, 5) is 38.9. The van der Waals surface area contributed by atoms with Gasteiger partial charge in [-0.3, -0.25) is 19.7 Å². The van der Waals surface area contributed by atoms with Crippen molar-refractivity contribution in [2.75, 3.05) is 20.2 Å². The van der Waals surface area contributed by atoms with Crippen LogP contribution in [0.1, 0.15) is 26.6 Å². The number of methoxy groups -OCH3 is 1. The van der Waals surface area contributed by atoms with Gasteiger partial charge in [0.1, 0.15) is 5.75 Å². The molecule has 0 saturated heterocycles. The van der Waals surface area contributed by atoms with Crippen molar-refractivity contribution in [1.82, 2.24) is 20.8 Å². The summed E-state index contributed by atoms with van der Waals surface area (Å²) in [5.41, 5.74) is 1.10. The Labute approximate surface area is 176 Å². The molecule has 2 N–H and O–H groups in total. The van der Waals surface area contributed by atoms with E-state index in [1.54, 1.807) is 37.3 Å². The summed E-state index contributed by atoms with van der Waals surface area (Å²) in [6, 6.07) is 11.1. The highest BCUT2D eigenvalue weighted by atomic mass is 16.6. The molecule has 160 valence electrons. The van der Waals surface area contributed by atoms with Gasteiger partial charge in [0.05, 0.1) is 12.0 Å². The first-order valence-electron chi connectivity index (χ1n) is 9.19. The Bertz CT molecular complexity index is 1130. The molecular formula is C20H19N5O6. The fourth-order valence-corrected chi connectivity index (χ4v) is 2.78. The third-order valence-corrected chi connectivity index (χ3v) is 4.39. The number of nitrogens with one attached hydrogen (secondary N) is 2. The smallest absolute Gasteiger partial charge is 0.316 e. The first-order valence-corrected chi connectivity index (χ1v) is 9.19. The van der Waals surface area contributed by atoms with Crippen LogP contribution >= 0.6 is 0 Å². The van der Waals surface area contributed by atoms with Crippen molar-refractivity contribution in [3.63, 3.8) is 0 Å². The molecule has 0 aliphatic carbocycles. The fourth-order valence-electron chi connectivity index (χ4n) is 2.78. The number of hydrogen-bond donors (Lipinski definition) is 2. The molecule has 31 heavy (non-hydrogen) atoms. The highest BCUT2D eigenvalue weighted by Crippen LogP contribution is 2.27. The lowest BCUT2D eigenvalue weighted by molar-refractivity contribution is -0.385. The molecule has 0 saturated carbocycles. The van der Waals surface area contributed by atoms with E-state index in [1.807, 2.05) is 0 Å². The van der Waals surface area contributed by atoms with E-state index in [9.17, 15) is 19.7 Å². The number of amides is 2. The minimum atomic E-state index is -0.627. The predicted molar refractivity (Wildman–Crippen MR) is 109 cm³/mol. The molecule has 3 rings (SSSR count). The molecule has 11 heteroatoms. The standard InChI is InChI=1S/C20H19N5O6/c1-12-15(7-4-8-16(12)25(28)29)17-23-20(31-24-17)19(27)22-10-9-21-18(26)13-5-3-6-14(11-13)30-2/h3-8,11H,9-10H2,1-2H3,(H,21,26)(H,22,27). The van der Waals surface area contributed by atoms with Crippen LogP contribution < -0.4 is 15.4 Å². The summed E-state index contributed by atoms with van der Waals surface area (Å²) in [5, 5.41) is 20.0. The maximum absolute atomic E-state index is 12.2. The first kappa shape index (κ1) is 21.4. The maximum Gasteiger partial charge on any atom is 0.316 e. The fraction of sp³-hybridized carbons (Fsp3) is 0.200. The van der Waals surface area contributed by atoms with E-state index in [4.69, 9.17) is 9.26 Å². The van der Waals surface area contributed by atoms with E-state index in [-0.39, 0.29) is 36.4 Å². The molecule has 3 aromatic rings. The Morgan fingerprint density at radius 1 is 1.13 bits per heavy atom. The third kappa shape index (κ3) is 5.01. The Morgan fingerprint density at radius 3 is 2.55 bits per heavy atom. The van der Waals surface area contributed by atoms with Gasteiger partial charge in [-0.15, -0.1) is 0 Å². The van der Waals surface area contributed by atoms with Gasteiger partial charge < -0.3 is 19.9 Å². The number of carbonyl (C=O) groups excluding carboxylic acids is 2. The van der Waals surface area contributed by atoms with Gasteiger partial charge in [0.2, 0.25) is 5.82 Å². The lowest BCUT2D eigenvalue weighted by atomic mass is 10.1. The van der Waals surface area contributed by atoms with Crippen molar-refractivity contribution in [3.05, 3.63) is 69.6 Å². The summed E-state index contributed by atoms with van der Waals surface area (Å²) in [5.74, 6) is -0.600. The Balaban J connectivity index is 1.55. The van der Waals surface area contributed by atoms with E-state index in [2.05, 4.69) is 20.8 Å². The van der Waals surface area contributed by atoms with Gasteiger partial charge in [0, 0.05) is 35.8 Å². The second kappa shape index (κ2) is 9.48. The van der Waals surface area contributed by atoms with Crippen LogP contribution in [0.25, 0.3) is 11.4 Å². The Morgan fingerprint density at radius 2 is 1.84 bits per heavy atom. The van der Waals surface area contributed by atoms with Crippen LogP contribution in [0.3, 0.4) is 0 Å². The van der Waals surface area contributed by atoms with Crippen LogP contribution in [0.4, 0.5) is 5.69 Å². The van der Waals surface area contributed by atoms with Gasteiger partial charge in [-0.05, 0) is 25.1 Å². The summed E-state index contributed by atoms with van der Waals surface area (Å²) in [6.07, 6.45) is 0. The van der Waals surface area contributed by atoms with E-state index in [1.165, 1.54) is 19.2 Å².